The average molecular weight is 389 g/mol. The van der Waals surface area contributed by atoms with Crippen LogP contribution in [0.2, 0.25) is 0 Å². The molecule has 2 rings (SSSR count). The number of ether oxygens (including phenoxy) is 4. The number of esters is 2. The van der Waals surface area contributed by atoms with Gasteiger partial charge < -0.3 is 24.1 Å². The number of carbonyl (C=O) groups excluding carboxylic acids is 2. The summed E-state index contributed by atoms with van der Waals surface area (Å²) in [6.07, 6.45) is 4.97. The fraction of sp³-hybridized carbons (Fsp3) is 0.800. The van der Waals surface area contributed by atoms with Crippen LogP contribution in [0.4, 0.5) is 0 Å². The van der Waals surface area contributed by atoms with Crippen molar-refractivity contribution in [2.75, 3.05) is 13.4 Å². The van der Waals surface area contributed by atoms with Crippen LogP contribution in [0.1, 0.15) is 73.6 Å². The summed E-state index contributed by atoms with van der Waals surface area (Å²) in [6, 6.07) is 0. The van der Waals surface area contributed by atoms with Gasteiger partial charge in [-0.05, 0) is 52.9 Å². The molecule has 0 heterocycles. The fourth-order valence-electron chi connectivity index (χ4n) is 1.42. The molecule has 1 unspecified atom stereocenters. The van der Waals surface area contributed by atoms with Crippen molar-refractivity contribution in [1.29, 1.82) is 0 Å². The normalized spacial score (nSPS) is 18.3. The minimum Gasteiger partial charge on any atom is -0.469 e. The predicted octanol–water partition coefficient (Wildman–Crippen LogP) is 3.49. The Balaban J connectivity index is 0.000000437. The summed E-state index contributed by atoms with van der Waals surface area (Å²) >= 11 is 0. The van der Waals surface area contributed by atoms with E-state index in [2.05, 4.69) is 11.3 Å². The lowest BCUT2D eigenvalue weighted by Crippen LogP contribution is -2.13. The highest BCUT2D eigenvalue weighted by molar-refractivity contribution is 5.66. The van der Waals surface area contributed by atoms with Crippen LogP contribution >= 0.6 is 0 Å². The summed E-state index contributed by atoms with van der Waals surface area (Å²) in [5.41, 5.74) is -0.0758. The van der Waals surface area contributed by atoms with E-state index in [-0.39, 0.29) is 42.6 Å². The molecule has 7 nitrogen and oxygen atoms in total. The Kier molecular flexibility index (Phi) is 11.3. The van der Waals surface area contributed by atoms with Crippen molar-refractivity contribution in [3.8, 4) is 0 Å². The van der Waals surface area contributed by atoms with Gasteiger partial charge in [-0.3, -0.25) is 9.59 Å². The average Bonchev–Trinajstić information content (AvgIpc) is 3.46. The number of aliphatic hydroxyl groups excluding tert-OH is 1. The molecule has 7 heteroatoms. The number of aliphatic hydroxyl groups is 1. The Morgan fingerprint density at radius 1 is 1.04 bits per heavy atom. The minimum absolute atomic E-state index is 0.00170. The summed E-state index contributed by atoms with van der Waals surface area (Å²) < 4.78 is 20.1. The van der Waals surface area contributed by atoms with Gasteiger partial charge in [-0.2, -0.15) is 0 Å². The third-order valence-corrected chi connectivity index (χ3v) is 4.00. The SMILES string of the molecule is C=C(COC(C)=O)OCOC1(C)CC1.CC(=O)OC1(C)CC1.CCC(C)O. The third-order valence-electron chi connectivity index (χ3n) is 4.00. The lowest BCUT2D eigenvalue weighted by atomic mass is 10.3. The van der Waals surface area contributed by atoms with Crippen LogP contribution in [0, 0.1) is 0 Å². The molecule has 0 aromatic rings. The number of rotatable bonds is 8. The van der Waals surface area contributed by atoms with Crippen molar-refractivity contribution < 1.29 is 33.6 Å². The molecule has 0 aromatic carbocycles. The summed E-state index contributed by atoms with van der Waals surface area (Å²) in [4.78, 5) is 20.7. The van der Waals surface area contributed by atoms with Gasteiger partial charge in [0.1, 0.15) is 18.0 Å². The van der Waals surface area contributed by atoms with Gasteiger partial charge >= 0.3 is 11.9 Å². The first kappa shape index (κ1) is 25.4. The van der Waals surface area contributed by atoms with Gasteiger partial charge in [0, 0.05) is 13.8 Å². The van der Waals surface area contributed by atoms with E-state index in [1.807, 2.05) is 20.8 Å². The lowest BCUT2D eigenvalue weighted by Gasteiger charge is -2.13. The largest absolute Gasteiger partial charge is 0.469 e. The zero-order chi connectivity index (χ0) is 21.1. The molecule has 2 fully saturated rings. The van der Waals surface area contributed by atoms with Gasteiger partial charge in [0.25, 0.3) is 0 Å². The minimum atomic E-state index is -0.343. The number of carbonyl (C=O) groups is 2. The molecule has 0 radical (unpaired) electrons. The monoisotopic (exact) mass is 388 g/mol. The van der Waals surface area contributed by atoms with E-state index in [4.69, 9.17) is 19.3 Å². The number of hydrogen-bond donors (Lipinski definition) is 1. The molecular weight excluding hydrogens is 352 g/mol. The second kappa shape index (κ2) is 12.0. The predicted molar refractivity (Wildman–Crippen MR) is 102 cm³/mol. The third kappa shape index (κ3) is 16.3. The Morgan fingerprint density at radius 2 is 1.52 bits per heavy atom. The van der Waals surface area contributed by atoms with E-state index in [9.17, 15) is 9.59 Å². The lowest BCUT2D eigenvalue weighted by molar-refractivity contribution is -0.147. The van der Waals surface area contributed by atoms with E-state index >= 15 is 0 Å². The zero-order valence-corrected chi connectivity index (χ0v) is 17.6. The van der Waals surface area contributed by atoms with E-state index in [0.29, 0.717) is 5.76 Å². The topological polar surface area (TPSA) is 91.3 Å². The second-order valence-electron chi connectivity index (χ2n) is 7.48. The first-order chi connectivity index (χ1) is 12.4. The van der Waals surface area contributed by atoms with Crippen LogP contribution < -0.4 is 0 Å². The van der Waals surface area contributed by atoms with Gasteiger partial charge in [-0.25, -0.2) is 0 Å². The van der Waals surface area contributed by atoms with Gasteiger partial charge in [-0.1, -0.05) is 13.5 Å². The first-order valence-electron chi connectivity index (χ1n) is 9.37. The van der Waals surface area contributed by atoms with Crippen molar-refractivity contribution >= 4 is 11.9 Å². The Labute approximate surface area is 163 Å². The molecule has 0 saturated heterocycles. The van der Waals surface area contributed by atoms with Crippen molar-refractivity contribution in [1.82, 2.24) is 0 Å². The molecule has 0 aromatic heterocycles. The second-order valence-corrected chi connectivity index (χ2v) is 7.48. The Hall–Kier alpha value is -1.60. The van der Waals surface area contributed by atoms with Crippen LogP contribution in [-0.2, 0) is 28.5 Å². The smallest absolute Gasteiger partial charge is 0.303 e. The van der Waals surface area contributed by atoms with Gasteiger partial charge in [0.2, 0.25) is 0 Å². The van der Waals surface area contributed by atoms with E-state index in [0.717, 1.165) is 32.1 Å². The van der Waals surface area contributed by atoms with E-state index in [1.54, 1.807) is 6.92 Å². The molecule has 1 N–H and O–H groups in total. The first-order valence-corrected chi connectivity index (χ1v) is 9.37. The van der Waals surface area contributed by atoms with Crippen LogP contribution in [-0.4, -0.2) is 47.8 Å². The van der Waals surface area contributed by atoms with Crippen LogP contribution in [0.5, 0.6) is 0 Å². The van der Waals surface area contributed by atoms with Crippen molar-refractivity contribution in [3.63, 3.8) is 0 Å². The summed E-state index contributed by atoms with van der Waals surface area (Å²) in [6.45, 7) is 14.4. The zero-order valence-electron chi connectivity index (χ0n) is 17.6. The van der Waals surface area contributed by atoms with Gasteiger partial charge in [0.05, 0.1) is 11.7 Å². The maximum atomic E-state index is 10.4. The highest BCUT2D eigenvalue weighted by atomic mass is 16.7. The molecule has 2 aliphatic carbocycles. The molecule has 0 aliphatic heterocycles. The summed E-state index contributed by atoms with van der Waals surface area (Å²) in [5.74, 6) is -0.0979. The Morgan fingerprint density at radius 3 is 1.81 bits per heavy atom. The van der Waals surface area contributed by atoms with E-state index in [1.165, 1.54) is 13.8 Å². The van der Waals surface area contributed by atoms with Crippen molar-refractivity contribution in [2.24, 2.45) is 0 Å². The van der Waals surface area contributed by atoms with Gasteiger partial charge in [-0.15, -0.1) is 0 Å². The van der Waals surface area contributed by atoms with Crippen molar-refractivity contribution in [2.45, 2.75) is 91.0 Å². The summed E-state index contributed by atoms with van der Waals surface area (Å²) in [7, 11) is 0. The summed E-state index contributed by atoms with van der Waals surface area (Å²) in [5, 5.41) is 8.36. The molecule has 0 spiro atoms. The molecular formula is C20H36O7. The highest BCUT2D eigenvalue weighted by Gasteiger charge is 2.40. The van der Waals surface area contributed by atoms with Crippen molar-refractivity contribution in [3.05, 3.63) is 12.3 Å². The number of hydrogen-bond acceptors (Lipinski definition) is 7. The maximum absolute atomic E-state index is 10.4. The van der Waals surface area contributed by atoms with Crippen LogP contribution in [0.3, 0.4) is 0 Å². The maximum Gasteiger partial charge on any atom is 0.303 e. The molecule has 0 bridgehead atoms. The Bertz CT molecular complexity index is 477. The van der Waals surface area contributed by atoms with Crippen LogP contribution in [0.25, 0.3) is 0 Å². The molecule has 2 saturated carbocycles. The quantitative estimate of drug-likeness (QED) is 0.387. The molecule has 158 valence electrons. The van der Waals surface area contributed by atoms with Gasteiger partial charge in [0.15, 0.2) is 6.79 Å². The molecule has 1 atom stereocenters. The molecule has 2 aliphatic rings. The van der Waals surface area contributed by atoms with E-state index < -0.39 is 0 Å². The standard InChI is InChI=1S/C10H16O4.C6H10O2.C4H10O/c1-8(6-12-9(2)11)13-7-14-10(3)4-5-10;1-5(7)8-6(2)3-4-6;1-3-4(2)5/h1,4-7H2,2-3H3;3-4H2,1-2H3;4-5H,3H2,1-2H3. The fourth-order valence-corrected chi connectivity index (χ4v) is 1.42. The molecule has 27 heavy (non-hydrogen) atoms. The van der Waals surface area contributed by atoms with Crippen LogP contribution in [0.15, 0.2) is 12.3 Å². The highest BCUT2D eigenvalue weighted by Crippen LogP contribution is 2.39. The molecule has 0 amide bonds.